The van der Waals surface area contributed by atoms with E-state index in [4.69, 9.17) is 9.47 Å². The molecule has 1 aliphatic carbocycles. The molecule has 46 heavy (non-hydrogen) atoms. The van der Waals surface area contributed by atoms with Crippen molar-refractivity contribution in [3.63, 3.8) is 0 Å². The predicted octanol–water partition coefficient (Wildman–Crippen LogP) is 6.71. The van der Waals surface area contributed by atoms with Crippen molar-refractivity contribution in [3.05, 3.63) is 82.9 Å². The fourth-order valence-electron chi connectivity index (χ4n) is 5.15. The summed E-state index contributed by atoms with van der Waals surface area (Å²) in [7, 11) is 0. The van der Waals surface area contributed by atoms with Crippen molar-refractivity contribution in [1.82, 2.24) is 15.3 Å². The number of aliphatic hydroxyl groups is 1. The zero-order chi connectivity index (χ0) is 33.0. The van der Waals surface area contributed by atoms with E-state index in [1.54, 1.807) is 0 Å². The number of carbonyl (C=O) groups excluding carboxylic acids is 1. The molecule has 3 heterocycles. The summed E-state index contributed by atoms with van der Waals surface area (Å²) >= 11 is 0. The number of fused-ring (bicyclic) bond motifs is 2. The number of aromatic nitrogens is 2. The first-order chi connectivity index (χ1) is 21.7. The standard InChI is InChI=1S/C32H26F7N3O4/c1-30(13-33)15-45-27-22(30)11-24(42-26(27)16-2-4-20(34)5-3-16)31(44,32(37,38)39)14-41-29(43)18-8-17-9-19(28(35)36)12-40-25(17)23(10-18)46-21-6-7-21/h2-5,8-12,21,28,44H,6-7,13-15H2,1H3,(H,41,43)/t30-,31?/m0/s1. The Balaban J connectivity index is 1.39. The molecular weight excluding hydrogens is 623 g/mol. The van der Waals surface area contributed by atoms with Crippen molar-refractivity contribution < 1.29 is 50.1 Å². The number of carbonyl (C=O) groups is 1. The molecule has 242 valence electrons. The highest BCUT2D eigenvalue weighted by atomic mass is 19.4. The van der Waals surface area contributed by atoms with Gasteiger partial charge in [0.15, 0.2) is 0 Å². The molecule has 0 radical (unpaired) electrons. The van der Waals surface area contributed by atoms with Crippen LogP contribution in [0, 0.1) is 5.82 Å². The summed E-state index contributed by atoms with van der Waals surface area (Å²) in [6.45, 7) is -1.23. The Morgan fingerprint density at radius 1 is 1.15 bits per heavy atom. The number of nitrogens with zero attached hydrogens (tertiary/aromatic N) is 2. The smallest absolute Gasteiger partial charge is 0.424 e. The van der Waals surface area contributed by atoms with Crippen LogP contribution in [0.1, 0.15) is 53.4 Å². The first-order valence-electron chi connectivity index (χ1n) is 14.2. The average molecular weight is 650 g/mol. The summed E-state index contributed by atoms with van der Waals surface area (Å²) in [5.41, 5.74) is -6.63. The average Bonchev–Trinajstić information content (AvgIpc) is 3.78. The van der Waals surface area contributed by atoms with E-state index in [1.807, 2.05) is 0 Å². The second kappa shape index (κ2) is 11.4. The van der Waals surface area contributed by atoms with Gasteiger partial charge in [0, 0.05) is 33.8 Å². The Bertz CT molecular complexity index is 1810. The molecule has 0 bridgehead atoms. The second-order valence-corrected chi connectivity index (χ2v) is 11.7. The van der Waals surface area contributed by atoms with Crippen LogP contribution in [0.5, 0.6) is 11.5 Å². The molecule has 4 aromatic rings. The van der Waals surface area contributed by atoms with Crippen LogP contribution in [0.3, 0.4) is 0 Å². The Morgan fingerprint density at radius 3 is 2.50 bits per heavy atom. The van der Waals surface area contributed by atoms with Gasteiger partial charge in [-0.05, 0) is 68.3 Å². The zero-order valence-electron chi connectivity index (χ0n) is 24.1. The van der Waals surface area contributed by atoms with Crippen LogP contribution >= 0.6 is 0 Å². The molecule has 6 rings (SSSR count). The number of pyridine rings is 2. The summed E-state index contributed by atoms with van der Waals surface area (Å²) in [4.78, 5) is 21.4. The van der Waals surface area contributed by atoms with E-state index in [2.05, 4.69) is 15.3 Å². The van der Waals surface area contributed by atoms with E-state index in [-0.39, 0.29) is 57.5 Å². The fraction of sp³-hybridized carbons (Fsp3) is 0.344. The minimum Gasteiger partial charge on any atom is -0.490 e. The molecule has 0 saturated heterocycles. The molecule has 2 aromatic heterocycles. The monoisotopic (exact) mass is 649 g/mol. The van der Waals surface area contributed by atoms with Crippen LogP contribution in [0.2, 0.25) is 0 Å². The maximum Gasteiger partial charge on any atom is 0.424 e. The summed E-state index contributed by atoms with van der Waals surface area (Å²) < 4.78 is 110. The third-order valence-electron chi connectivity index (χ3n) is 8.07. The second-order valence-electron chi connectivity index (χ2n) is 11.7. The van der Waals surface area contributed by atoms with Gasteiger partial charge in [-0.1, -0.05) is 0 Å². The van der Waals surface area contributed by atoms with Crippen molar-refractivity contribution in [1.29, 1.82) is 0 Å². The van der Waals surface area contributed by atoms with E-state index in [9.17, 15) is 40.6 Å². The third kappa shape index (κ3) is 5.70. The van der Waals surface area contributed by atoms with Crippen LogP contribution in [0.15, 0.2) is 54.7 Å². The summed E-state index contributed by atoms with van der Waals surface area (Å²) in [5, 5.41) is 13.4. The van der Waals surface area contributed by atoms with E-state index in [0.717, 1.165) is 30.5 Å². The highest BCUT2D eigenvalue weighted by Gasteiger charge is 2.57. The van der Waals surface area contributed by atoms with Gasteiger partial charge in [0.25, 0.3) is 12.3 Å². The minimum absolute atomic E-state index is 0.00653. The number of rotatable bonds is 9. The van der Waals surface area contributed by atoms with Crippen LogP contribution in [-0.2, 0) is 11.0 Å². The highest BCUT2D eigenvalue weighted by molar-refractivity contribution is 6.00. The molecule has 14 heteroatoms. The summed E-state index contributed by atoms with van der Waals surface area (Å²) in [6.07, 6.45) is -6.06. The molecule has 2 aromatic carbocycles. The lowest BCUT2D eigenvalue weighted by Gasteiger charge is -2.31. The predicted molar refractivity (Wildman–Crippen MR) is 151 cm³/mol. The number of nitrogens with one attached hydrogen (secondary N) is 1. The lowest BCUT2D eigenvalue weighted by Crippen LogP contribution is -2.51. The molecule has 0 spiro atoms. The van der Waals surface area contributed by atoms with Crippen molar-refractivity contribution in [2.45, 2.75) is 49.5 Å². The van der Waals surface area contributed by atoms with Crippen molar-refractivity contribution in [2.24, 2.45) is 0 Å². The molecular formula is C32H26F7N3O4. The maximum atomic E-state index is 14.7. The largest absolute Gasteiger partial charge is 0.490 e. The number of hydrogen-bond acceptors (Lipinski definition) is 6. The first kappa shape index (κ1) is 31.5. The van der Waals surface area contributed by atoms with Gasteiger partial charge in [0.05, 0.1) is 23.8 Å². The quantitative estimate of drug-likeness (QED) is 0.196. The van der Waals surface area contributed by atoms with Crippen molar-refractivity contribution >= 4 is 16.8 Å². The van der Waals surface area contributed by atoms with Gasteiger partial charge < -0.3 is 19.9 Å². The highest BCUT2D eigenvalue weighted by Crippen LogP contribution is 2.48. The topological polar surface area (TPSA) is 93.6 Å². The molecule has 1 fully saturated rings. The molecule has 1 aliphatic heterocycles. The van der Waals surface area contributed by atoms with E-state index >= 15 is 0 Å². The van der Waals surface area contributed by atoms with Gasteiger partial charge in [-0.2, -0.15) is 13.2 Å². The molecule has 2 atom stereocenters. The Kier molecular flexibility index (Phi) is 7.82. The van der Waals surface area contributed by atoms with Gasteiger partial charge in [-0.3, -0.25) is 9.78 Å². The lowest BCUT2D eigenvalue weighted by atomic mass is 9.83. The number of ether oxygens (including phenoxy) is 2. The zero-order valence-corrected chi connectivity index (χ0v) is 24.1. The Hall–Kier alpha value is -4.46. The summed E-state index contributed by atoms with van der Waals surface area (Å²) in [6, 6.07) is 9.02. The number of halogens is 7. The molecule has 1 saturated carbocycles. The molecule has 1 unspecified atom stereocenters. The number of benzene rings is 2. The van der Waals surface area contributed by atoms with Crippen LogP contribution in [-0.4, -0.2) is 53.1 Å². The lowest BCUT2D eigenvalue weighted by molar-refractivity contribution is -0.265. The molecule has 1 amide bonds. The number of amides is 1. The van der Waals surface area contributed by atoms with Crippen molar-refractivity contribution in [3.8, 4) is 22.8 Å². The minimum atomic E-state index is -5.41. The Morgan fingerprint density at radius 2 is 1.87 bits per heavy atom. The fourth-order valence-corrected chi connectivity index (χ4v) is 5.15. The van der Waals surface area contributed by atoms with Gasteiger partial charge in [-0.15, -0.1) is 0 Å². The van der Waals surface area contributed by atoms with Crippen LogP contribution in [0.25, 0.3) is 22.2 Å². The van der Waals surface area contributed by atoms with E-state index in [1.165, 1.54) is 31.2 Å². The third-order valence-corrected chi connectivity index (χ3v) is 8.07. The normalized spacial score (nSPS) is 19.1. The van der Waals surface area contributed by atoms with E-state index < -0.39 is 59.8 Å². The van der Waals surface area contributed by atoms with Gasteiger partial charge >= 0.3 is 6.18 Å². The van der Waals surface area contributed by atoms with Crippen molar-refractivity contribution in [2.75, 3.05) is 19.8 Å². The molecule has 7 nitrogen and oxygen atoms in total. The number of hydrogen-bond donors (Lipinski definition) is 2. The first-order valence-corrected chi connectivity index (χ1v) is 14.2. The van der Waals surface area contributed by atoms with E-state index in [0.29, 0.717) is 12.8 Å². The Labute approximate surface area is 257 Å². The van der Waals surface area contributed by atoms with Crippen LogP contribution in [0.4, 0.5) is 30.7 Å². The van der Waals surface area contributed by atoms with Gasteiger partial charge in [0.2, 0.25) is 5.60 Å². The molecule has 2 N–H and O–H groups in total. The van der Waals surface area contributed by atoms with Gasteiger partial charge in [-0.25, -0.2) is 22.5 Å². The van der Waals surface area contributed by atoms with Crippen LogP contribution < -0.4 is 14.8 Å². The maximum absolute atomic E-state index is 14.7. The SMILES string of the molecule is C[C@]1(CF)COc2c1cc(C(O)(CNC(=O)c1cc(OC3CC3)c3ncc(C(F)F)cc3c1)C(F)(F)F)nc2-c1ccc(F)cc1. The van der Waals surface area contributed by atoms with Gasteiger partial charge in [0.1, 0.15) is 41.8 Å². The summed E-state index contributed by atoms with van der Waals surface area (Å²) in [5.74, 6) is -1.63. The number of alkyl halides is 6. The molecule has 2 aliphatic rings.